The molecule has 88 valence electrons. The molecule has 5 unspecified atom stereocenters. The Kier molecular flexibility index (Phi) is 1.98. The van der Waals surface area contributed by atoms with Crippen LogP contribution in [0.3, 0.4) is 0 Å². The van der Waals surface area contributed by atoms with Crippen LogP contribution >= 0.6 is 0 Å². The molecule has 0 aliphatic heterocycles. The summed E-state index contributed by atoms with van der Waals surface area (Å²) in [6.45, 7) is 6.85. The third kappa shape index (κ3) is 0.959. The minimum atomic E-state index is -0.0676. The minimum Gasteiger partial charge on any atom is -0.303 e. The van der Waals surface area contributed by atoms with Crippen molar-refractivity contribution < 1.29 is 4.79 Å². The summed E-state index contributed by atoms with van der Waals surface area (Å²) in [5.74, 6) is 1.99. The quantitative estimate of drug-likeness (QED) is 0.485. The van der Waals surface area contributed by atoms with E-state index in [1.54, 1.807) is 0 Å². The van der Waals surface area contributed by atoms with Crippen LogP contribution < -0.4 is 0 Å². The number of allylic oxidation sites excluding steroid dienone is 2. The van der Waals surface area contributed by atoms with E-state index < -0.39 is 0 Å². The van der Waals surface area contributed by atoms with E-state index in [0.717, 1.165) is 5.92 Å². The van der Waals surface area contributed by atoms with Crippen LogP contribution in [0.4, 0.5) is 0 Å². The molecular weight excluding hydrogens is 196 g/mol. The molecule has 2 saturated carbocycles. The van der Waals surface area contributed by atoms with Crippen LogP contribution in [0.5, 0.6) is 0 Å². The summed E-state index contributed by atoms with van der Waals surface area (Å²) >= 11 is 0. The second-order valence-corrected chi connectivity index (χ2v) is 6.66. The van der Waals surface area contributed by atoms with Crippen molar-refractivity contribution in [3.8, 4) is 0 Å². The Bertz CT molecular complexity index is 370. The largest absolute Gasteiger partial charge is 0.303 e. The number of hydrogen-bond donors (Lipinski definition) is 0. The molecule has 5 atom stereocenters. The molecule has 0 radical (unpaired) electrons. The van der Waals surface area contributed by atoms with Crippen molar-refractivity contribution in [1.29, 1.82) is 0 Å². The summed E-state index contributed by atoms with van der Waals surface area (Å²) in [6, 6.07) is 0. The Labute approximate surface area is 98.3 Å². The van der Waals surface area contributed by atoms with Crippen LogP contribution in [0.25, 0.3) is 0 Å². The van der Waals surface area contributed by atoms with Crippen LogP contribution in [0.2, 0.25) is 0 Å². The molecule has 0 aromatic carbocycles. The van der Waals surface area contributed by atoms with E-state index in [1.165, 1.54) is 37.5 Å². The normalized spacial score (nSPS) is 54.7. The van der Waals surface area contributed by atoms with Crippen LogP contribution in [0.1, 0.15) is 46.5 Å². The summed E-state index contributed by atoms with van der Waals surface area (Å²) in [5, 5.41) is 0. The molecule has 0 heterocycles. The summed E-state index contributed by atoms with van der Waals surface area (Å²) in [7, 11) is 0. The van der Waals surface area contributed by atoms with Gasteiger partial charge in [-0.15, -0.1) is 0 Å². The first kappa shape index (κ1) is 10.6. The first-order valence-corrected chi connectivity index (χ1v) is 6.67. The Morgan fingerprint density at radius 3 is 2.88 bits per heavy atom. The zero-order valence-electron chi connectivity index (χ0n) is 10.6. The molecule has 1 heteroatoms. The first-order valence-electron chi connectivity index (χ1n) is 6.67. The lowest BCUT2D eigenvalue weighted by molar-refractivity contribution is -0.119. The number of aldehydes is 1. The Balaban J connectivity index is 2.13. The van der Waals surface area contributed by atoms with Crippen molar-refractivity contribution in [1.82, 2.24) is 0 Å². The Morgan fingerprint density at radius 2 is 2.19 bits per heavy atom. The second kappa shape index (κ2) is 3.00. The van der Waals surface area contributed by atoms with Gasteiger partial charge in [-0.05, 0) is 55.8 Å². The maximum atomic E-state index is 11.6. The smallest absolute Gasteiger partial charge is 0.126 e. The average molecular weight is 218 g/mol. The topological polar surface area (TPSA) is 17.1 Å². The van der Waals surface area contributed by atoms with Crippen molar-refractivity contribution in [2.75, 3.05) is 0 Å². The van der Waals surface area contributed by atoms with Gasteiger partial charge in [0, 0.05) is 5.41 Å². The molecule has 0 saturated heterocycles. The van der Waals surface area contributed by atoms with Crippen LogP contribution in [0, 0.1) is 28.6 Å². The molecule has 2 bridgehead atoms. The van der Waals surface area contributed by atoms with Crippen molar-refractivity contribution in [2.24, 2.45) is 28.6 Å². The van der Waals surface area contributed by atoms with Crippen LogP contribution in [-0.2, 0) is 4.79 Å². The molecule has 0 amide bonds. The van der Waals surface area contributed by atoms with E-state index >= 15 is 0 Å². The maximum Gasteiger partial charge on any atom is 0.126 e. The highest BCUT2D eigenvalue weighted by atomic mass is 16.1. The standard InChI is InChI=1S/C15H22O/c1-10-6-7-15-8-12(10)14(3,9-16)13(15)5-4-11(15)2/h6,9,11-13H,4-5,7-8H2,1-3H3. The van der Waals surface area contributed by atoms with Gasteiger partial charge in [0.1, 0.15) is 6.29 Å². The van der Waals surface area contributed by atoms with E-state index in [-0.39, 0.29) is 5.41 Å². The van der Waals surface area contributed by atoms with Gasteiger partial charge in [0.2, 0.25) is 0 Å². The van der Waals surface area contributed by atoms with Gasteiger partial charge in [0.05, 0.1) is 0 Å². The fourth-order valence-electron chi connectivity index (χ4n) is 5.19. The third-order valence-electron chi connectivity index (χ3n) is 6.26. The SMILES string of the molecule is CC1=CCC23CC1C(C)(C=O)C2CCC3C. The van der Waals surface area contributed by atoms with Gasteiger partial charge in [-0.2, -0.15) is 0 Å². The van der Waals surface area contributed by atoms with Crippen LogP contribution in [0.15, 0.2) is 11.6 Å². The van der Waals surface area contributed by atoms with E-state index in [9.17, 15) is 4.79 Å². The molecule has 3 aliphatic rings. The molecule has 16 heavy (non-hydrogen) atoms. The highest BCUT2D eigenvalue weighted by Crippen LogP contribution is 2.70. The zero-order valence-corrected chi connectivity index (χ0v) is 10.6. The molecule has 0 aromatic heterocycles. The number of fused-ring (bicyclic) bond motifs is 1. The maximum absolute atomic E-state index is 11.6. The summed E-state index contributed by atoms with van der Waals surface area (Å²) in [4.78, 5) is 11.6. The fraction of sp³-hybridized carbons (Fsp3) is 0.800. The van der Waals surface area contributed by atoms with Gasteiger partial charge in [-0.25, -0.2) is 0 Å². The fourth-order valence-corrected chi connectivity index (χ4v) is 5.19. The van der Waals surface area contributed by atoms with Crippen molar-refractivity contribution in [3.63, 3.8) is 0 Å². The highest BCUT2D eigenvalue weighted by molar-refractivity contribution is 5.63. The molecule has 2 fully saturated rings. The lowest BCUT2D eigenvalue weighted by Gasteiger charge is -2.36. The Morgan fingerprint density at radius 1 is 1.44 bits per heavy atom. The molecule has 0 N–H and O–H groups in total. The Hall–Kier alpha value is -0.590. The lowest BCUT2D eigenvalue weighted by atomic mass is 9.68. The molecule has 1 nitrogen and oxygen atoms in total. The van der Waals surface area contributed by atoms with Crippen LogP contribution in [-0.4, -0.2) is 6.29 Å². The molecule has 3 aliphatic carbocycles. The van der Waals surface area contributed by atoms with E-state index in [1.807, 2.05) is 0 Å². The number of rotatable bonds is 1. The predicted octanol–water partition coefficient (Wildman–Crippen LogP) is 3.59. The van der Waals surface area contributed by atoms with E-state index in [4.69, 9.17) is 0 Å². The van der Waals surface area contributed by atoms with Crippen molar-refractivity contribution in [2.45, 2.75) is 46.5 Å². The van der Waals surface area contributed by atoms with Gasteiger partial charge in [0.15, 0.2) is 0 Å². The molecule has 1 spiro atoms. The summed E-state index contributed by atoms with van der Waals surface area (Å²) in [6.07, 6.45) is 8.81. The lowest BCUT2D eigenvalue weighted by Crippen LogP contribution is -2.33. The molecule has 3 rings (SSSR count). The van der Waals surface area contributed by atoms with E-state index in [2.05, 4.69) is 26.8 Å². The number of hydrogen-bond acceptors (Lipinski definition) is 1. The number of carbonyl (C=O) groups is 1. The summed E-state index contributed by atoms with van der Waals surface area (Å²) < 4.78 is 0. The van der Waals surface area contributed by atoms with Gasteiger partial charge >= 0.3 is 0 Å². The summed E-state index contributed by atoms with van der Waals surface area (Å²) in [5.41, 5.74) is 1.88. The van der Waals surface area contributed by atoms with Gasteiger partial charge in [0.25, 0.3) is 0 Å². The van der Waals surface area contributed by atoms with Gasteiger partial charge in [-0.3, -0.25) is 0 Å². The third-order valence-corrected chi connectivity index (χ3v) is 6.26. The average Bonchev–Trinajstić information content (AvgIpc) is 2.70. The second-order valence-electron chi connectivity index (χ2n) is 6.66. The minimum absolute atomic E-state index is 0.0676. The predicted molar refractivity (Wildman–Crippen MR) is 65.0 cm³/mol. The first-order chi connectivity index (χ1) is 7.54. The monoisotopic (exact) mass is 218 g/mol. The van der Waals surface area contributed by atoms with E-state index in [0.29, 0.717) is 17.3 Å². The molecule has 0 aromatic rings. The number of carbonyl (C=O) groups excluding carboxylic acids is 1. The van der Waals surface area contributed by atoms with Gasteiger partial charge in [-0.1, -0.05) is 25.5 Å². The van der Waals surface area contributed by atoms with Crippen molar-refractivity contribution >= 4 is 6.29 Å². The van der Waals surface area contributed by atoms with Gasteiger partial charge < -0.3 is 4.79 Å². The molecular formula is C15H22O. The van der Waals surface area contributed by atoms with Crippen molar-refractivity contribution in [3.05, 3.63) is 11.6 Å². The highest BCUT2D eigenvalue weighted by Gasteiger charge is 2.64. The zero-order chi connectivity index (χ0) is 11.6.